The summed E-state index contributed by atoms with van der Waals surface area (Å²) in [5.41, 5.74) is 1.64. The SMILES string of the molecule is C[C@H](O)c1cc(Br)cn2ccnc12. The first kappa shape index (κ1) is 8.72. The van der Waals surface area contributed by atoms with Gasteiger partial charge in [0.25, 0.3) is 0 Å². The van der Waals surface area contributed by atoms with Crippen molar-refractivity contribution in [1.29, 1.82) is 0 Å². The second-order valence-corrected chi connectivity index (χ2v) is 3.86. The van der Waals surface area contributed by atoms with E-state index in [-0.39, 0.29) is 0 Å². The van der Waals surface area contributed by atoms with E-state index >= 15 is 0 Å². The van der Waals surface area contributed by atoms with E-state index < -0.39 is 6.10 Å². The van der Waals surface area contributed by atoms with Gasteiger partial charge in [-0.1, -0.05) is 0 Å². The molecule has 3 nitrogen and oxygen atoms in total. The zero-order valence-corrected chi connectivity index (χ0v) is 8.69. The van der Waals surface area contributed by atoms with Crippen molar-refractivity contribution in [3.05, 3.63) is 34.7 Å². The molecule has 2 heterocycles. The summed E-state index contributed by atoms with van der Waals surface area (Å²) in [6.45, 7) is 1.73. The van der Waals surface area contributed by atoms with E-state index in [2.05, 4.69) is 20.9 Å². The first-order chi connectivity index (χ1) is 6.18. The highest BCUT2D eigenvalue weighted by atomic mass is 79.9. The van der Waals surface area contributed by atoms with Crippen LogP contribution in [-0.4, -0.2) is 14.5 Å². The van der Waals surface area contributed by atoms with E-state index in [4.69, 9.17) is 0 Å². The Bertz CT molecular complexity index is 436. The number of aliphatic hydroxyl groups is 1. The summed E-state index contributed by atoms with van der Waals surface area (Å²) in [5.74, 6) is 0. The maximum absolute atomic E-state index is 9.49. The predicted octanol–water partition coefficient (Wildman–Crippen LogP) is 2.15. The van der Waals surface area contributed by atoms with E-state index in [1.165, 1.54) is 0 Å². The molecule has 2 rings (SSSR count). The monoisotopic (exact) mass is 240 g/mol. The molecule has 13 heavy (non-hydrogen) atoms. The predicted molar refractivity (Wildman–Crippen MR) is 53.5 cm³/mol. The number of rotatable bonds is 1. The van der Waals surface area contributed by atoms with Crippen molar-refractivity contribution in [2.75, 3.05) is 0 Å². The van der Waals surface area contributed by atoms with Crippen LogP contribution < -0.4 is 0 Å². The molecule has 2 aromatic rings. The second kappa shape index (κ2) is 3.12. The summed E-state index contributed by atoms with van der Waals surface area (Å²) in [7, 11) is 0. The molecule has 0 spiro atoms. The molecule has 68 valence electrons. The zero-order chi connectivity index (χ0) is 9.42. The number of aliphatic hydroxyl groups excluding tert-OH is 1. The lowest BCUT2D eigenvalue weighted by atomic mass is 10.2. The molecule has 0 unspecified atom stereocenters. The van der Waals surface area contributed by atoms with E-state index in [0.29, 0.717) is 0 Å². The fourth-order valence-electron chi connectivity index (χ4n) is 1.33. The van der Waals surface area contributed by atoms with Crippen molar-refractivity contribution in [2.24, 2.45) is 0 Å². The number of hydrogen-bond acceptors (Lipinski definition) is 2. The van der Waals surface area contributed by atoms with Crippen LogP contribution in [0.1, 0.15) is 18.6 Å². The number of hydrogen-bond donors (Lipinski definition) is 1. The van der Waals surface area contributed by atoms with Crippen molar-refractivity contribution in [2.45, 2.75) is 13.0 Å². The van der Waals surface area contributed by atoms with Gasteiger partial charge >= 0.3 is 0 Å². The standard InChI is InChI=1S/C9H9BrN2O/c1-6(13)8-4-7(10)5-12-3-2-11-9(8)12/h2-6,13H,1H3/t6-/m0/s1. The van der Waals surface area contributed by atoms with Gasteiger partial charge in [0, 0.05) is 28.6 Å². The molecule has 0 amide bonds. The minimum Gasteiger partial charge on any atom is -0.389 e. The van der Waals surface area contributed by atoms with Crippen LogP contribution in [0.3, 0.4) is 0 Å². The Morgan fingerprint density at radius 3 is 3.08 bits per heavy atom. The second-order valence-electron chi connectivity index (χ2n) is 2.95. The first-order valence-electron chi connectivity index (χ1n) is 3.98. The lowest BCUT2D eigenvalue weighted by Crippen LogP contribution is -1.96. The van der Waals surface area contributed by atoms with Crippen LogP contribution >= 0.6 is 15.9 Å². The molecule has 2 aromatic heterocycles. The van der Waals surface area contributed by atoms with E-state index in [0.717, 1.165) is 15.7 Å². The number of pyridine rings is 1. The van der Waals surface area contributed by atoms with Crippen molar-refractivity contribution in [3.63, 3.8) is 0 Å². The van der Waals surface area contributed by atoms with Crippen molar-refractivity contribution in [3.8, 4) is 0 Å². The highest BCUT2D eigenvalue weighted by Gasteiger charge is 2.08. The van der Waals surface area contributed by atoms with E-state index in [1.54, 1.807) is 13.1 Å². The summed E-state index contributed by atoms with van der Waals surface area (Å²) in [5, 5.41) is 9.49. The molecule has 0 saturated heterocycles. The number of aromatic nitrogens is 2. The van der Waals surface area contributed by atoms with Crippen molar-refractivity contribution >= 4 is 21.6 Å². The van der Waals surface area contributed by atoms with Crippen molar-refractivity contribution in [1.82, 2.24) is 9.38 Å². The highest BCUT2D eigenvalue weighted by Crippen LogP contribution is 2.21. The molecule has 0 aliphatic rings. The van der Waals surface area contributed by atoms with Gasteiger partial charge in [0.15, 0.2) is 0 Å². The largest absolute Gasteiger partial charge is 0.389 e. The fourth-order valence-corrected chi connectivity index (χ4v) is 1.80. The number of imidazole rings is 1. The van der Waals surface area contributed by atoms with Gasteiger partial charge in [-0.05, 0) is 28.9 Å². The molecular weight excluding hydrogens is 232 g/mol. The summed E-state index contributed by atoms with van der Waals surface area (Å²) >= 11 is 3.38. The first-order valence-corrected chi connectivity index (χ1v) is 4.78. The average molecular weight is 241 g/mol. The summed E-state index contributed by atoms with van der Waals surface area (Å²) in [4.78, 5) is 4.16. The van der Waals surface area contributed by atoms with Gasteiger partial charge in [-0.15, -0.1) is 0 Å². The Labute approximate surface area is 84.2 Å². The number of fused-ring (bicyclic) bond motifs is 1. The Morgan fingerprint density at radius 1 is 1.62 bits per heavy atom. The Hall–Kier alpha value is -0.870. The Morgan fingerprint density at radius 2 is 2.38 bits per heavy atom. The molecule has 0 aliphatic heterocycles. The van der Waals surface area contributed by atoms with Crippen LogP contribution in [0.2, 0.25) is 0 Å². The molecule has 1 N–H and O–H groups in total. The van der Waals surface area contributed by atoms with Crippen LogP contribution in [0.5, 0.6) is 0 Å². The van der Waals surface area contributed by atoms with Gasteiger partial charge in [-0.2, -0.15) is 0 Å². The molecule has 0 saturated carbocycles. The Balaban J connectivity index is 2.77. The molecule has 1 atom stereocenters. The maximum atomic E-state index is 9.49. The van der Waals surface area contributed by atoms with Gasteiger partial charge in [0.2, 0.25) is 0 Å². The molecule has 0 radical (unpaired) electrons. The quantitative estimate of drug-likeness (QED) is 0.830. The normalized spacial score (nSPS) is 13.5. The highest BCUT2D eigenvalue weighted by molar-refractivity contribution is 9.10. The van der Waals surface area contributed by atoms with Crippen molar-refractivity contribution < 1.29 is 5.11 Å². The van der Waals surface area contributed by atoms with Gasteiger partial charge in [-0.3, -0.25) is 0 Å². The maximum Gasteiger partial charge on any atom is 0.142 e. The summed E-state index contributed by atoms with van der Waals surface area (Å²) < 4.78 is 2.82. The van der Waals surface area contributed by atoms with Gasteiger partial charge in [0.05, 0.1) is 6.10 Å². The lowest BCUT2D eigenvalue weighted by molar-refractivity contribution is 0.200. The molecule has 0 aliphatic carbocycles. The minimum absolute atomic E-state index is 0.498. The van der Waals surface area contributed by atoms with E-state index in [1.807, 2.05) is 22.9 Å². The van der Waals surface area contributed by atoms with Crippen LogP contribution in [-0.2, 0) is 0 Å². The van der Waals surface area contributed by atoms with Crippen LogP contribution in [0, 0.1) is 0 Å². The molecular formula is C9H9BrN2O. The molecule has 0 bridgehead atoms. The smallest absolute Gasteiger partial charge is 0.142 e. The third-order valence-electron chi connectivity index (χ3n) is 1.93. The van der Waals surface area contributed by atoms with Crippen LogP contribution in [0.15, 0.2) is 29.1 Å². The number of nitrogens with zero attached hydrogens (tertiary/aromatic N) is 2. The van der Waals surface area contributed by atoms with Crippen LogP contribution in [0.25, 0.3) is 5.65 Å². The number of halogens is 1. The fraction of sp³-hybridized carbons (Fsp3) is 0.222. The molecule has 4 heteroatoms. The van der Waals surface area contributed by atoms with Crippen LogP contribution in [0.4, 0.5) is 0 Å². The third kappa shape index (κ3) is 1.47. The van der Waals surface area contributed by atoms with Gasteiger partial charge in [0.1, 0.15) is 5.65 Å². The lowest BCUT2D eigenvalue weighted by Gasteiger charge is -2.06. The summed E-state index contributed by atoms with van der Waals surface area (Å²) in [6, 6.07) is 1.88. The molecule has 0 aromatic carbocycles. The zero-order valence-electron chi connectivity index (χ0n) is 7.11. The average Bonchev–Trinajstić information content (AvgIpc) is 2.49. The van der Waals surface area contributed by atoms with Gasteiger partial charge in [-0.25, -0.2) is 4.98 Å². The third-order valence-corrected chi connectivity index (χ3v) is 2.37. The summed E-state index contributed by atoms with van der Waals surface area (Å²) in [6.07, 6.45) is 4.98. The Kier molecular flexibility index (Phi) is 2.09. The van der Waals surface area contributed by atoms with Gasteiger partial charge < -0.3 is 9.51 Å². The van der Waals surface area contributed by atoms with E-state index in [9.17, 15) is 5.11 Å². The topological polar surface area (TPSA) is 37.5 Å². The minimum atomic E-state index is -0.498. The molecule has 0 fully saturated rings.